The molecule has 6 N–H and O–H groups in total. The summed E-state index contributed by atoms with van der Waals surface area (Å²) in [6.07, 6.45) is 0.0773. The summed E-state index contributed by atoms with van der Waals surface area (Å²) in [4.78, 5) is 21.4. The molecule has 8 heteroatoms. The van der Waals surface area contributed by atoms with Gasteiger partial charge < -0.3 is 21.7 Å². The summed E-state index contributed by atoms with van der Waals surface area (Å²) < 4.78 is 0. The number of hydrogen-bond acceptors (Lipinski definition) is 4. The summed E-state index contributed by atoms with van der Waals surface area (Å²) in [5, 5.41) is 17.5. The van der Waals surface area contributed by atoms with E-state index in [2.05, 4.69) is 0 Å². The second kappa shape index (κ2) is 10.7. The monoisotopic (exact) mass is 274 g/mol. The van der Waals surface area contributed by atoms with Crippen molar-refractivity contribution < 1.29 is 19.8 Å². The molecule has 0 aromatic rings. The summed E-state index contributed by atoms with van der Waals surface area (Å²) in [7, 11) is 0. The number of carbonyl (C=O) groups is 2. The van der Waals surface area contributed by atoms with Gasteiger partial charge in [-0.05, 0) is 25.9 Å². The molecule has 0 aliphatic carbocycles. The predicted octanol–water partition coefficient (Wildman–Crippen LogP) is -0.00660. The SMILES string of the molecule is Cl.Cl.NCC/C(C(=O)O)=C(/CCN)C(=O)O. The van der Waals surface area contributed by atoms with Gasteiger partial charge in [0, 0.05) is 11.1 Å². The first kappa shape index (κ1) is 20.6. The van der Waals surface area contributed by atoms with Gasteiger partial charge in [-0.2, -0.15) is 0 Å². The number of halogens is 2. The summed E-state index contributed by atoms with van der Waals surface area (Å²) >= 11 is 0. The molecule has 0 rings (SSSR count). The van der Waals surface area contributed by atoms with Gasteiger partial charge in [0.25, 0.3) is 0 Å². The van der Waals surface area contributed by atoms with Gasteiger partial charge in [-0.3, -0.25) is 0 Å². The highest BCUT2D eigenvalue weighted by Gasteiger charge is 2.18. The molecule has 0 atom stereocenters. The molecule has 0 fully saturated rings. The Bertz CT molecular complexity index is 243. The van der Waals surface area contributed by atoms with E-state index in [1.807, 2.05) is 0 Å². The Morgan fingerprint density at radius 2 is 1.06 bits per heavy atom. The molecule has 0 saturated carbocycles. The first-order valence-electron chi connectivity index (χ1n) is 4.13. The fourth-order valence-corrected chi connectivity index (χ4v) is 1.06. The van der Waals surface area contributed by atoms with Crippen LogP contribution in [-0.4, -0.2) is 35.2 Å². The van der Waals surface area contributed by atoms with Crippen molar-refractivity contribution in [2.24, 2.45) is 11.5 Å². The molecule has 0 amide bonds. The summed E-state index contributed by atoms with van der Waals surface area (Å²) in [6, 6.07) is 0. The quantitative estimate of drug-likeness (QED) is 0.505. The standard InChI is InChI=1S/C8H14N2O4.2ClH/c9-3-1-5(7(11)12)6(2-4-10)8(13)14;;/h1-4,9-10H2,(H,11,12)(H,13,14);2*1H/b6-5+;;. The van der Waals surface area contributed by atoms with Gasteiger partial charge in [0.15, 0.2) is 0 Å². The molecule has 16 heavy (non-hydrogen) atoms. The maximum absolute atomic E-state index is 10.7. The first-order valence-corrected chi connectivity index (χ1v) is 4.13. The van der Waals surface area contributed by atoms with Crippen LogP contribution in [0.15, 0.2) is 11.1 Å². The van der Waals surface area contributed by atoms with Crippen molar-refractivity contribution in [2.45, 2.75) is 12.8 Å². The highest BCUT2D eigenvalue weighted by Crippen LogP contribution is 2.12. The van der Waals surface area contributed by atoms with Crippen molar-refractivity contribution in [2.75, 3.05) is 13.1 Å². The average Bonchev–Trinajstić information content (AvgIpc) is 2.10. The molecule has 6 nitrogen and oxygen atoms in total. The van der Waals surface area contributed by atoms with Crippen LogP contribution in [0.4, 0.5) is 0 Å². The lowest BCUT2D eigenvalue weighted by molar-refractivity contribution is -0.136. The van der Waals surface area contributed by atoms with Crippen LogP contribution >= 0.6 is 24.8 Å². The van der Waals surface area contributed by atoms with Crippen molar-refractivity contribution in [1.29, 1.82) is 0 Å². The lowest BCUT2D eigenvalue weighted by Crippen LogP contribution is -2.17. The molecule has 0 spiro atoms. The fraction of sp³-hybridized carbons (Fsp3) is 0.500. The van der Waals surface area contributed by atoms with E-state index in [4.69, 9.17) is 21.7 Å². The third kappa shape index (κ3) is 6.62. The molecule has 0 unspecified atom stereocenters. The van der Waals surface area contributed by atoms with Gasteiger partial charge in [0.1, 0.15) is 0 Å². The first-order chi connectivity index (χ1) is 6.54. The minimum atomic E-state index is -1.25. The second-order valence-corrected chi connectivity index (χ2v) is 2.64. The van der Waals surface area contributed by atoms with Crippen LogP contribution in [-0.2, 0) is 9.59 Å². The molecule has 96 valence electrons. The van der Waals surface area contributed by atoms with Crippen LogP contribution in [0.25, 0.3) is 0 Å². The maximum atomic E-state index is 10.7. The zero-order valence-electron chi connectivity index (χ0n) is 8.51. The lowest BCUT2D eigenvalue weighted by Gasteiger charge is -2.06. The number of rotatable bonds is 6. The highest BCUT2D eigenvalue weighted by molar-refractivity contribution is 5.98. The number of carboxylic acid groups (broad SMARTS) is 2. The van der Waals surface area contributed by atoms with Crippen LogP contribution in [0.3, 0.4) is 0 Å². The van der Waals surface area contributed by atoms with Crippen molar-refractivity contribution in [3.8, 4) is 0 Å². The predicted molar refractivity (Wildman–Crippen MR) is 64.1 cm³/mol. The zero-order valence-corrected chi connectivity index (χ0v) is 10.1. The van der Waals surface area contributed by atoms with Crippen molar-refractivity contribution in [3.05, 3.63) is 11.1 Å². The topological polar surface area (TPSA) is 127 Å². The average molecular weight is 275 g/mol. The van der Waals surface area contributed by atoms with Gasteiger partial charge in [0.05, 0.1) is 0 Å². The molecule has 0 saturated heterocycles. The Morgan fingerprint density at radius 3 is 1.19 bits per heavy atom. The minimum absolute atomic E-state index is 0. The molecular formula is C8H16Cl2N2O4. The number of carboxylic acids is 2. The molecule has 0 radical (unpaired) electrons. The Hall–Kier alpha value is -0.820. The van der Waals surface area contributed by atoms with E-state index in [1.165, 1.54) is 0 Å². The maximum Gasteiger partial charge on any atom is 0.332 e. The Labute approximate surface area is 106 Å². The molecule has 0 bridgehead atoms. The van der Waals surface area contributed by atoms with Crippen molar-refractivity contribution in [3.63, 3.8) is 0 Å². The van der Waals surface area contributed by atoms with Crippen molar-refractivity contribution in [1.82, 2.24) is 0 Å². The normalized spacial score (nSPS) is 10.6. The molecule has 0 aromatic carbocycles. The molecular weight excluding hydrogens is 259 g/mol. The van der Waals surface area contributed by atoms with E-state index in [1.54, 1.807) is 0 Å². The Morgan fingerprint density at radius 1 is 0.812 bits per heavy atom. The van der Waals surface area contributed by atoms with Crippen molar-refractivity contribution >= 4 is 36.8 Å². The smallest absolute Gasteiger partial charge is 0.332 e. The van der Waals surface area contributed by atoms with Crippen LogP contribution < -0.4 is 11.5 Å². The van der Waals surface area contributed by atoms with E-state index >= 15 is 0 Å². The third-order valence-corrected chi connectivity index (χ3v) is 1.67. The van der Waals surface area contributed by atoms with E-state index in [0.29, 0.717) is 0 Å². The molecule has 0 aliphatic rings. The van der Waals surface area contributed by atoms with Gasteiger partial charge in [-0.15, -0.1) is 24.8 Å². The zero-order chi connectivity index (χ0) is 11.1. The highest BCUT2D eigenvalue weighted by atomic mass is 35.5. The van der Waals surface area contributed by atoms with Crippen LogP contribution in [0.5, 0.6) is 0 Å². The lowest BCUT2D eigenvalue weighted by atomic mass is 10.0. The summed E-state index contributed by atoms with van der Waals surface area (Å²) in [5.74, 6) is -2.50. The fourth-order valence-electron chi connectivity index (χ4n) is 1.06. The number of aliphatic carboxylic acids is 2. The second-order valence-electron chi connectivity index (χ2n) is 2.64. The summed E-state index contributed by atoms with van der Waals surface area (Å²) in [6.45, 7) is 0.200. The van der Waals surface area contributed by atoms with E-state index in [-0.39, 0.29) is 61.9 Å². The van der Waals surface area contributed by atoms with E-state index < -0.39 is 11.9 Å². The van der Waals surface area contributed by atoms with Crippen LogP contribution in [0.1, 0.15) is 12.8 Å². The molecule has 0 heterocycles. The molecule has 0 aromatic heterocycles. The molecule has 0 aliphatic heterocycles. The van der Waals surface area contributed by atoms with Gasteiger partial charge in [0.2, 0.25) is 0 Å². The van der Waals surface area contributed by atoms with Gasteiger partial charge in [-0.1, -0.05) is 0 Å². The van der Waals surface area contributed by atoms with Crippen LogP contribution in [0.2, 0.25) is 0 Å². The van der Waals surface area contributed by atoms with E-state index in [9.17, 15) is 9.59 Å². The Kier molecular flexibility index (Phi) is 13.7. The largest absolute Gasteiger partial charge is 0.478 e. The Balaban J connectivity index is -0.000000845. The minimum Gasteiger partial charge on any atom is -0.478 e. The summed E-state index contributed by atoms with van der Waals surface area (Å²) in [5.41, 5.74) is 10.0. The van der Waals surface area contributed by atoms with Gasteiger partial charge in [-0.25, -0.2) is 9.59 Å². The third-order valence-electron chi connectivity index (χ3n) is 1.67. The van der Waals surface area contributed by atoms with E-state index in [0.717, 1.165) is 0 Å². The van der Waals surface area contributed by atoms with Crippen LogP contribution in [0, 0.1) is 0 Å². The number of hydrogen-bond donors (Lipinski definition) is 4. The van der Waals surface area contributed by atoms with Gasteiger partial charge >= 0.3 is 11.9 Å². The number of nitrogens with two attached hydrogens (primary N) is 2.